The van der Waals surface area contributed by atoms with Crippen molar-refractivity contribution in [1.29, 1.82) is 0 Å². The van der Waals surface area contributed by atoms with Crippen molar-refractivity contribution in [2.75, 3.05) is 26.1 Å². The predicted molar refractivity (Wildman–Crippen MR) is 89.6 cm³/mol. The molecule has 0 aliphatic carbocycles. The number of carbonyl (C=O) groups is 2. The maximum Gasteiger partial charge on any atom is 0.338 e. The fourth-order valence-electron chi connectivity index (χ4n) is 2.10. The van der Waals surface area contributed by atoms with Crippen LogP contribution < -0.4 is 14.8 Å². The summed E-state index contributed by atoms with van der Waals surface area (Å²) in [7, 11) is 3.04. The number of ether oxygens (including phenoxy) is 3. The zero-order valence-corrected chi connectivity index (χ0v) is 13.8. The second kappa shape index (κ2) is 8.01. The standard InChI is InChI=1S/C18H19NO5/c1-12-8-9-13(10-16(12)23-3)18(21)24-11-17(20)19-14-6-4-5-7-15(14)22-2/h4-10H,11H2,1-3H3,(H,19,20). The topological polar surface area (TPSA) is 73.9 Å². The lowest BCUT2D eigenvalue weighted by atomic mass is 10.1. The number of rotatable bonds is 6. The Balaban J connectivity index is 1.95. The number of amides is 1. The molecule has 0 radical (unpaired) electrons. The van der Waals surface area contributed by atoms with Gasteiger partial charge in [-0.25, -0.2) is 4.79 Å². The third kappa shape index (κ3) is 4.25. The van der Waals surface area contributed by atoms with Crippen molar-refractivity contribution < 1.29 is 23.8 Å². The molecule has 2 aromatic rings. The number of methoxy groups -OCH3 is 2. The second-order valence-electron chi connectivity index (χ2n) is 5.01. The average molecular weight is 329 g/mol. The maximum atomic E-state index is 12.0. The summed E-state index contributed by atoms with van der Waals surface area (Å²) < 4.78 is 15.3. The average Bonchev–Trinajstić information content (AvgIpc) is 2.60. The molecule has 0 aliphatic rings. The molecule has 6 heteroatoms. The lowest BCUT2D eigenvalue weighted by Gasteiger charge is -2.10. The van der Waals surface area contributed by atoms with E-state index in [2.05, 4.69) is 5.32 Å². The Kier molecular flexibility index (Phi) is 5.78. The van der Waals surface area contributed by atoms with Gasteiger partial charge < -0.3 is 19.5 Å². The van der Waals surface area contributed by atoms with Crippen LogP contribution in [0.3, 0.4) is 0 Å². The number of aryl methyl sites for hydroxylation is 1. The van der Waals surface area contributed by atoms with Gasteiger partial charge in [0.2, 0.25) is 0 Å². The van der Waals surface area contributed by atoms with E-state index >= 15 is 0 Å². The van der Waals surface area contributed by atoms with E-state index in [1.165, 1.54) is 14.2 Å². The fraction of sp³-hybridized carbons (Fsp3) is 0.222. The van der Waals surface area contributed by atoms with Gasteiger partial charge in [-0.1, -0.05) is 18.2 Å². The van der Waals surface area contributed by atoms with Crippen LogP contribution in [0.25, 0.3) is 0 Å². The number of esters is 1. The fourth-order valence-corrected chi connectivity index (χ4v) is 2.10. The van der Waals surface area contributed by atoms with Gasteiger partial charge in [-0.3, -0.25) is 4.79 Å². The SMILES string of the molecule is COc1cc(C(=O)OCC(=O)Nc2ccccc2OC)ccc1C. The van der Waals surface area contributed by atoms with E-state index in [1.807, 2.05) is 6.92 Å². The molecule has 0 atom stereocenters. The summed E-state index contributed by atoms with van der Waals surface area (Å²) in [5, 5.41) is 2.63. The van der Waals surface area contributed by atoms with E-state index in [4.69, 9.17) is 14.2 Å². The highest BCUT2D eigenvalue weighted by atomic mass is 16.5. The molecule has 1 N–H and O–H groups in total. The second-order valence-corrected chi connectivity index (χ2v) is 5.01. The Morgan fingerprint density at radius 1 is 1.00 bits per heavy atom. The van der Waals surface area contributed by atoms with Gasteiger partial charge in [0.15, 0.2) is 6.61 Å². The van der Waals surface area contributed by atoms with E-state index in [-0.39, 0.29) is 0 Å². The molecular weight excluding hydrogens is 310 g/mol. The first-order valence-electron chi connectivity index (χ1n) is 7.29. The van der Waals surface area contributed by atoms with Gasteiger partial charge in [0.25, 0.3) is 5.91 Å². The summed E-state index contributed by atoms with van der Waals surface area (Å²) in [6.45, 7) is 1.47. The summed E-state index contributed by atoms with van der Waals surface area (Å²) in [5.74, 6) is 0.0683. The van der Waals surface area contributed by atoms with E-state index in [0.29, 0.717) is 22.7 Å². The van der Waals surface area contributed by atoms with Crippen LogP contribution in [0, 0.1) is 6.92 Å². The molecule has 6 nitrogen and oxygen atoms in total. The Morgan fingerprint density at radius 2 is 1.71 bits per heavy atom. The van der Waals surface area contributed by atoms with Gasteiger partial charge in [-0.05, 0) is 36.8 Å². The Labute approximate surface area is 140 Å². The van der Waals surface area contributed by atoms with Crippen molar-refractivity contribution in [3.8, 4) is 11.5 Å². The highest BCUT2D eigenvalue weighted by Crippen LogP contribution is 2.23. The van der Waals surface area contributed by atoms with Crippen molar-refractivity contribution >= 4 is 17.6 Å². The van der Waals surface area contributed by atoms with Crippen LogP contribution >= 0.6 is 0 Å². The van der Waals surface area contributed by atoms with Crippen LogP contribution in [0.4, 0.5) is 5.69 Å². The highest BCUT2D eigenvalue weighted by Gasteiger charge is 2.13. The normalized spacial score (nSPS) is 9.96. The van der Waals surface area contributed by atoms with Gasteiger partial charge in [-0.15, -0.1) is 0 Å². The van der Waals surface area contributed by atoms with Gasteiger partial charge >= 0.3 is 5.97 Å². The van der Waals surface area contributed by atoms with Crippen molar-refractivity contribution in [2.45, 2.75) is 6.92 Å². The van der Waals surface area contributed by atoms with Gasteiger partial charge in [0.1, 0.15) is 11.5 Å². The third-order valence-electron chi connectivity index (χ3n) is 3.36. The molecule has 0 aliphatic heterocycles. The molecule has 0 heterocycles. The number of benzene rings is 2. The summed E-state index contributed by atoms with van der Waals surface area (Å²) in [5.41, 5.74) is 1.74. The number of hydrogen-bond donors (Lipinski definition) is 1. The summed E-state index contributed by atoms with van der Waals surface area (Å²) >= 11 is 0. The van der Waals surface area contributed by atoms with Crippen LogP contribution in [0.5, 0.6) is 11.5 Å². The van der Waals surface area contributed by atoms with Crippen molar-refractivity contribution in [3.63, 3.8) is 0 Å². The highest BCUT2D eigenvalue weighted by molar-refractivity contribution is 5.96. The Morgan fingerprint density at radius 3 is 2.42 bits per heavy atom. The predicted octanol–water partition coefficient (Wildman–Crippen LogP) is 2.81. The van der Waals surface area contributed by atoms with Gasteiger partial charge in [0.05, 0.1) is 25.5 Å². The molecule has 2 aromatic carbocycles. The van der Waals surface area contributed by atoms with Crippen LogP contribution in [-0.4, -0.2) is 32.7 Å². The lowest BCUT2D eigenvalue weighted by molar-refractivity contribution is -0.119. The summed E-state index contributed by atoms with van der Waals surface area (Å²) in [6.07, 6.45) is 0. The zero-order chi connectivity index (χ0) is 17.5. The largest absolute Gasteiger partial charge is 0.496 e. The molecule has 0 spiro atoms. The van der Waals surface area contributed by atoms with Crippen molar-refractivity contribution in [1.82, 2.24) is 0 Å². The smallest absolute Gasteiger partial charge is 0.338 e. The number of carbonyl (C=O) groups excluding carboxylic acids is 2. The van der Waals surface area contributed by atoms with E-state index in [9.17, 15) is 9.59 Å². The summed E-state index contributed by atoms with van der Waals surface area (Å²) in [6, 6.07) is 11.9. The molecular formula is C18H19NO5. The number of hydrogen-bond acceptors (Lipinski definition) is 5. The minimum absolute atomic E-state index is 0.322. The Bertz CT molecular complexity index is 742. The van der Waals surface area contributed by atoms with Crippen LogP contribution in [0.15, 0.2) is 42.5 Å². The lowest BCUT2D eigenvalue weighted by Crippen LogP contribution is -2.21. The molecule has 0 unspecified atom stereocenters. The van der Waals surface area contributed by atoms with Crippen LogP contribution in [0.1, 0.15) is 15.9 Å². The van der Waals surface area contributed by atoms with E-state index in [1.54, 1.807) is 42.5 Å². The van der Waals surface area contributed by atoms with Gasteiger partial charge in [-0.2, -0.15) is 0 Å². The molecule has 0 aromatic heterocycles. The third-order valence-corrected chi connectivity index (χ3v) is 3.36. The zero-order valence-electron chi connectivity index (χ0n) is 13.8. The number of para-hydroxylation sites is 2. The van der Waals surface area contributed by atoms with Gasteiger partial charge in [0, 0.05) is 0 Å². The molecule has 0 bridgehead atoms. The van der Waals surface area contributed by atoms with Crippen molar-refractivity contribution in [2.24, 2.45) is 0 Å². The van der Waals surface area contributed by atoms with E-state index < -0.39 is 18.5 Å². The molecule has 1 amide bonds. The molecule has 0 saturated heterocycles. The maximum absolute atomic E-state index is 12.0. The van der Waals surface area contributed by atoms with E-state index in [0.717, 1.165) is 5.56 Å². The molecule has 126 valence electrons. The first kappa shape index (κ1) is 17.3. The number of anilines is 1. The number of nitrogens with one attached hydrogen (secondary N) is 1. The minimum atomic E-state index is -0.594. The van der Waals surface area contributed by atoms with Crippen LogP contribution in [0.2, 0.25) is 0 Å². The molecule has 24 heavy (non-hydrogen) atoms. The molecule has 2 rings (SSSR count). The minimum Gasteiger partial charge on any atom is -0.496 e. The molecule has 0 saturated carbocycles. The monoisotopic (exact) mass is 329 g/mol. The first-order valence-corrected chi connectivity index (χ1v) is 7.29. The first-order chi connectivity index (χ1) is 11.5. The summed E-state index contributed by atoms with van der Waals surface area (Å²) in [4.78, 5) is 23.9. The molecule has 0 fully saturated rings. The van der Waals surface area contributed by atoms with Crippen molar-refractivity contribution in [3.05, 3.63) is 53.6 Å². The van der Waals surface area contributed by atoms with Crippen LogP contribution in [-0.2, 0) is 9.53 Å². The quantitative estimate of drug-likeness (QED) is 0.825. The Hall–Kier alpha value is -3.02.